The monoisotopic (exact) mass is 208 g/mol. The van der Waals surface area contributed by atoms with E-state index in [1.54, 1.807) is 13.6 Å². The molecule has 0 aromatic rings. The van der Waals surface area contributed by atoms with Crippen LogP contribution in [0.5, 0.6) is 0 Å². The molecule has 0 aromatic heterocycles. The van der Waals surface area contributed by atoms with Crippen molar-refractivity contribution in [3.05, 3.63) is 0 Å². The van der Waals surface area contributed by atoms with Gasteiger partial charge in [0.2, 0.25) is 7.37 Å². The Morgan fingerprint density at radius 1 is 1.46 bits per heavy atom. The van der Waals surface area contributed by atoms with Crippen LogP contribution < -0.4 is 0 Å². The van der Waals surface area contributed by atoms with E-state index in [9.17, 15) is 8.96 Å². The Kier molecular flexibility index (Phi) is 3.93. The Morgan fingerprint density at radius 3 is 2.62 bits per heavy atom. The SMILES string of the molecule is CCOP(C)(=O)C1CCCCC1F. The van der Waals surface area contributed by atoms with E-state index in [0.717, 1.165) is 19.3 Å². The van der Waals surface area contributed by atoms with Crippen molar-refractivity contribution in [3.8, 4) is 0 Å². The van der Waals surface area contributed by atoms with E-state index >= 15 is 0 Å². The average Bonchev–Trinajstić information content (AvgIpc) is 2.04. The third kappa shape index (κ3) is 2.78. The number of alkyl halides is 1. The van der Waals surface area contributed by atoms with Crippen LogP contribution in [-0.4, -0.2) is 25.1 Å². The first-order valence-corrected chi connectivity index (χ1v) is 7.08. The minimum absolute atomic E-state index is 0.346. The lowest BCUT2D eigenvalue weighted by Crippen LogP contribution is -2.26. The molecule has 13 heavy (non-hydrogen) atoms. The van der Waals surface area contributed by atoms with Crippen LogP contribution >= 0.6 is 7.37 Å². The predicted molar refractivity (Wildman–Crippen MR) is 52.3 cm³/mol. The molecular weight excluding hydrogens is 190 g/mol. The highest BCUT2D eigenvalue weighted by Gasteiger charge is 2.37. The van der Waals surface area contributed by atoms with Gasteiger partial charge in [0.15, 0.2) is 0 Å². The van der Waals surface area contributed by atoms with Crippen LogP contribution in [-0.2, 0) is 9.09 Å². The molecule has 4 heteroatoms. The zero-order valence-corrected chi connectivity index (χ0v) is 9.23. The van der Waals surface area contributed by atoms with E-state index < -0.39 is 13.5 Å². The van der Waals surface area contributed by atoms with Gasteiger partial charge in [-0.05, 0) is 19.8 Å². The maximum Gasteiger partial charge on any atom is 0.206 e. The molecule has 1 aliphatic rings. The van der Waals surface area contributed by atoms with Crippen LogP contribution in [0.2, 0.25) is 0 Å². The molecule has 0 aromatic carbocycles. The topological polar surface area (TPSA) is 26.3 Å². The summed E-state index contributed by atoms with van der Waals surface area (Å²) in [6.45, 7) is 3.78. The molecule has 1 saturated carbocycles. The fourth-order valence-corrected chi connectivity index (χ4v) is 4.04. The average molecular weight is 208 g/mol. The van der Waals surface area contributed by atoms with E-state index in [0.29, 0.717) is 13.0 Å². The summed E-state index contributed by atoms with van der Waals surface area (Å²) in [4.78, 5) is 0. The van der Waals surface area contributed by atoms with Crippen LogP contribution in [0.1, 0.15) is 32.6 Å². The van der Waals surface area contributed by atoms with Gasteiger partial charge in [0.25, 0.3) is 0 Å². The molecule has 0 saturated heterocycles. The van der Waals surface area contributed by atoms with Gasteiger partial charge in [-0.15, -0.1) is 0 Å². The minimum Gasteiger partial charge on any atom is -0.329 e. The molecule has 3 unspecified atom stereocenters. The van der Waals surface area contributed by atoms with Gasteiger partial charge in [-0.1, -0.05) is 12.8 Å². The zero-order valence-electron chi connectivity index (χ0n) is 8.33. The number of halogens is 1. The lowest BCUT2D eigenvalue weighted by atomic mass is 9.98. The largest absolute Gasteiger partial charge is 0.329 e. The molecule has 0 spiro atoms. The van der Waals surface area contributed by atoms with Crippen molar-refractivity contribution in [3.63, 3.8) is 0 Å². The second-order valence-corrected chi connectivity index (χ2v) is 6.43. The highest BCUT2D eigenvalue weighted by Crippen LogP contribution is 2.53. The van der Waals surface area contributed by atoms with Crippen molar-refractivity contribution in [1.82, 2.24) is 0 Å². The Hall–Kier alpha value is 0.120. The summed E-state index contributed by atoms with van der Waals surface area (Å²) < 4.78 is 30.5. The van der Waals surface area contributed by atoms with E-state index in [1.807, 2.05) is 0 Å². The van der Waals surface area contributed by atoms with Crippen molar-refractivity contribution in [2.45, 2.75) is 44.4 Å². The summed E-state index contributed by atoms with van der Waals surface area (Å²) in [5.74, 6) is 0. The molecule has 78 valence electrons. The molecule has 0 bridgehead atoms. The quantitative estimate of drug-likeness (QED) is 0.665. The molecular formula is C9H18FO2P. The predicted octanol–water partition coefficient (Wildman–Crippen LogP) is 3.21. The second kappa shape index (κ2) is 4.56. The lowest BCUT2D eigenvalue weighted by molar-refractivity contribution is 0.231. The Morgan fingerprint density at radius 2 is 2.08 bits per heavy atom. The molecule has 1 rings (SSSR count). The summed E-state index contributed by atoms with van der Waals surface area (Å²) in [5.41, 5.74) is -0.346. The Labute approximate surface area is 79.3 Å². The standard InChI is InChI=1S/C9H18FO2P/c1-3-12-13(2,11)9-7-5-4-6-8(9)10/h8-9H,3-7H2,1-2H3. The van der Waals surface area contributed by atoms with Crippen LogP contribution in [0.15, 0.2) is 0 Å². The molecule has 1 aliphatic carbocycles. The molecule has 2 nitrogen and oxygen atoms in total. The van der Waals surface area contributed by atoms with Gasteiger partial charge in [0, 0.05) is 6.66 Å². The first-order valence-electron chi connectivity index (χ1n) is 4.93. The maximum atomic E-state index is 13.4. The fraction of sp³-hybridized carbons (Fsp3) is 1.00. The normalized spacial score (nSPS) is 34.1. The molecule has 0 heterocycles. The van der Waals surface area contributed by atoms with Crippen molar-refractivity contribution in [2.75, 3.05) is 13.3 Å². The molecule has 0 amide bonds. The number of hydrogen-bond acceptors (Lipinski definition) is 2. The molecule has 0 N–H and O–H groups in total. The summed E-state index contributed by atoms with van der Waals surface area (Å²) in [7, 11) is -2.70. The maximum absolute atomic E-state index is 13.4. The first-order chi connectivity index (χ1) is 6.08. The van der Waals surface area contributed by atoms with E-state index in [4.69, 9.17) is 4.52 Å². The van der Waals surface area contributed by atoms with Crippen molar-refractivity contribution < 1.29 is 13.5 Å². The second-order valence-electron chi connectivity index (χ2n) is 3.69. The van der Waals surface area contributed by atoms with Crippen molar-refractivity contribution in [2.24, 2.45) is 0 Å². The van der Waals surface area contributed by atoms with Gasteiger partial charge in [-0.2, -0.15) is 0 Å². The van der Waals surface area contributed by atoms with Gasteiger partial charge >= 0.3 is 0 Å². The van der Waals surface area contributed by atoms with Gasteiger partial charge in [-0.25, -0.2) is 4.39 Å². The summed E-state index contributed by atoms with van der Waals surface area (Å²) >= 11 is 0. The number of hydrogen-bond donors (Lipinski definition) is 0. The molecule has 0 radical (unpaired) electrons. The van der Waals surface area contributed by atoms with Crippen LogP contribution in [0.3, 0.4) is 0 Å². The number of rotatable bonds is 3. The lowest BCUT2D eigenvalue weighted by Gasteiger charge is -2.30. The van der Waals surface area contributed by atoms with Crippen molar-refractivity contribution >= 4 is 7.37 Å². The summed E-state index contributed by atoms with van der Waals surface area (Å²) in [6, 6.07) is 0. The highest BCUT2D eigenvalue weighted by molar-refractivity contribution is 7.59. The zero-order chi connectivity index (χ0) is 9.90. The summed E-state index contributed by atoms with van der Waals surface area (Å²) in [6.07, 6.45) is 2.25. The molecule has 1 fully saturated rings. The Balaban J connectivity index is 2.62. The molecule has 3 atom stereocenters. The smallest absolute Gasteiger partial charge is 0.206 e. The van der Waals surface area contributed by atoms with E-state index in [1.165, 1.54) is 0 Å². The highest BCUT2D eigenvalue weighted by atomic mass is 31.2. The van der Waals surface area contributed by atoms with Crippen molar-refractivity contribution in [1.29, 1.82) is 0 Å². The van der Waals surface area contributed by atoms with Gasteiger partial charge in [0.1, 0.15) is 6.17 Å². The van der Waals surface area contributed by atoms with E-state index in [2.05, 4.69) is 0 Å². The Bertz CT molecular complexity index is 208. The van der Waals surface area contributed by atoms with Crippen LogP contribution in [0, 0.1) is 0 Å². The van der Waals surface area contributed by atoms with Crippen LogP contribution in [0.25, 0.3) is 0 Å². The van der Waals surface area contributed by atoms with Gasteiger partial charge < -0.3 is 4.52 Å². The molecule has 0 aliphatic heterocycles. The third-order valence-corrected chi connectivity index (χ3v) is 5.19. The van der Waals surface area contributed by atoms with Gasteiger partial charge in [0.05, 0.1) is 12.3 Å². The fourth-order valence-electron chi connectivity index (χ4n) is 1.95. The minimum atomic E-state index is -2.70. The van der Waals surface area contributed by atoms with E-state index in [-0.39, 0.29) is 5.66 Å². The first kappa shape index (κ1) is 11.2. The van der Waals surface area contributed by atoms with Gasteiger partial charge in [-0.3, -0.25) is 4.57 Å². The third-order valence-electron chi connectivity index (χ3n) is 2.64. The van der Waals surface area contributed by atoms with Crippen LogP contribution in [0.4, 0.5) is 4.39 Å². The summed E-state index contributed by atoms with van der Waals surface area (Å²) in [5, 5.41) is 0.